The molecule has 1 aliphatic heterocycles. The number of hydrogen-bond acceptors (Lipinski definition) is 2. The Balaban J connectivity index is 2.06. The summed E-state index contributed by atoms with van der Waals surface area (Å²) in [5.41, 5.74) is 1.54. The first-order valence-electron chi connectivity index (χ1n) is 6.89. The Hall–Kier alpha value is -2.13. The van der Waals surface area contributed by atoms with E-state index in [1.165, 1.54) is 5.56 Å². The normalized spacial score (nSPS) is 20.6. The van der Waals surface area contributed by atoms with Gasteiger partial charge in [-0.1, -0.05) is 55.8 Å². The van der Waals surface area contributed by atoms with Crippen LogP contribution in [0.2, 0.25) is 0 Å². The largest absolute Gasteiger partial charge is 0.372 e. The smallest absolute Gasteiger partial charge is 0.265 e. The summed E-state index contributed by atoms with van der Waals surface area (Å²) in [6, 6.07) is 14.9. The summed E-state index contributed by atoms with van der Waals surface area (Å²) >= 11 is 0. The molecule has 2 aromatic rings. The quantitative estimate of drug-likeness (QED) is 0.898. The Morgan fingerprint density at radius 1 is 1.10 bits per heavy atom. The molecule has 3 rings (SSSR count). The maximum atomic E-state index is 12.2. The number of nitrogens with one attached hydrogen (secondary N) is 1. The van der Waals surface area contributed by atoms with E-state index in [4.69, 9.17) is 0 Å². The van der Waals surface area contributed by atoms with Gasteiger partial charge in [-0.15, -0.1) is 0 Å². The minimum Gasteiger partial charge on any atom is -0.372 e. The van der Waals surface area contributed by atoms with Crippen LogP contribution < -0.4 is 5.32 Å². The summed E-state index contributed by atoms with van der Waals surface area (Å²) in [4.78, 5) is 12.2. The van der Waals surface area contributed by atoms with Crippen LogP contribution in [0.5, 0.6) is 0 Å². The number of carbonyl (C=O) groups is 1. The second kappa shape index (κ2) is 4.76. The van der Waals surface area contributed by atoms with Gasteiger partial charge in [-0.2, -0.15) is 0 Å². The van der Waals surface area contributed by atoms with Crippen LogP contribution >= 0.6 is 0 Å². The van der Waals surface area contributed by atoms with Crippen LogP contribution in [0, 0.1) is 0 Å². The molecule has 20 heavy (non-hydrogen) atoms. The number of aryl methyl sites for hydroxylation is 1. The van der Waals surface area contributed by atoms with Gasteiger partial charge in [0.2, 0.25) is 0 Å². The summed E-state index contributed by atoms with van der Waals surface area (Å²) in [7, 11) is 0. The lowest BCUT2D eigenvalue weighted by Crippen LogP contribution is -2.35. The molecule has 3 nitrogen and oxygen atoms in total. The van der Waals surface area contributed by atoms with Gasteiger partial charge in [-0.3, -0.25) is 4.79 Å². The van der Waals surface area contributed by atoms with Crippen LogP contribution in [0.4, 0.5) is 5.69 Å². The van der Waals surface area contributed by atoms with Crippen molar-refractivity contribution in [3.8, 4) is 0 Å². The Bertz CT molecular complexity index is 648. The summed E-state index contributed by atoms with van der Waals surface area (Å²) in [6.45, 7) is 2.13. The van der Waals surface area contributed by atoms with Crippen molar-refractivity contribution in [1.82, 2.24) is 0 Å². The minimum absolute atomic E-state index is 0.387. The monoisotopic (exact) mass is 267 g/mol. The maximum absolute atomic E-state index is 12.2. The second-order valence-corrected chi connectivity index (χ2v) is 5.16. The van der Waals surface area contributed by atoms with E-state index in [9.17, 15) is 9.90 Å². The SMILES string of the molecule is CCCc1ccc(C2(O)C(=O)Nc3ccccc32)cc1. The third-order valence-electron chi connectivity index (χ3n) is 3.80. The minimum atomic E-state index is -1.58. The molecule has 102 valence electrons. The fourth-order valence-corrected chi connectivity index (χ4v) is 2.73. The van der Waals surface area contributed by atoms with Crippen LogP contribution in [0.25, 0.3) is 0 Å². The van der Waals surface area contributed by atoms with E-state index in [-0.39, 0.29) is 5.91 Å². The van der Waals surface area contributed by atoms with E-state index in [1.807, 2.05) is 36.4 Å². The van der Waals surface area contributed by atoms with Crippen molar-refractivity contribution in [2.75, 3.05) is 5.32 Å². The highest BCUT2D eigenvalue weighted by molar-refractivity contribution is 6.07. The molecule has 1 heterocycles. The molecule has 1 unspecified atom stereocenters. The predicted octanol–water partition coefficient (Wildman–Crippen LogP) is 2.83. The van der Waals surface area contributed by atoms with Gasteiger partial charge in [-0.05, 0) is 23.6 Å². The van der Waals surface area contributed by atoms with Gasteiger partial charge < -0.3 is 10.4 Å². The van der Waals surface area contributed by atoms with E-state index in [2.05, 4.69) is 12.2 Å². The molecule has 0 saturated carbocycles. The van der Waals surface area contributed by atoms with Gasteiger partial charge in [-0.25, -0.2) is 0 Å². The molecule has 0 saturated heterocycles. The molecule has 1 atom stereocenters. The van der Waals surface area contributed by atoms with Crippen LogP contribution in [-0.4, -0.2) is 11.0 Å². The number of aliphatic hydroxyl groups is 1. The molecule has 0 radical (unpaired) electrons. The fourth-order valence-electron chi connectivity index (χ4n) is 2.73. The maximum Gasteiger partial charge on any atom is 0.265 e. The number of hydrogen-bond donors (Lipinski definition) is 2. The Kier molecular flexibility index (Phi) is 3.07. The molecule has 2 N–H and O–H groups in total. The van der Waals surface area contributed by atoms with Gasteiger partial charge in [0.05, 0.1) is 0 Å². The predicted molar refractivity (Wildman–Crippen MR) is 78.5 cm³/mol. The van der Waals surface area contributed by atoms with Crippen LogP contribution in [-0.2, 0) is 16.8 Å². The highest BCUT2D eigenvalue weighted by Gasteiger charge is 2.46. The lowest BCUT2D eigenvalue weighted by atomic mass is 9.87. The number of para-hydroxylation sites is 1. The molecule has 0 bridgehead atoms. The van der Waals surface area contributed by atoms with Gasteiger partial charge >= 0.3 is 0 Å². The molecule has 2 aromatic carbocycles. The number of rotatable bonds is 3. The zero-order valence-corrected chi connectivity index (χ0v) is 11.4. The summed E-state index contributed by atoms with van der Waals surface area (Å²) in [5.74, 6) is -0.387. The molecular formula is C17H17NO2. The summed E-state index contributed by atoms with van der Waals surface area (Å²) < 4.78 is 0. The van der Waals surface area contributed by atoms with E-state index < -0.39 is 5.60 Å². The highest BCUT2D eigenvalue weighted by Crippen LogP contribution is 2.40. The first-order valence-corrected chi connectivity index (χ1v) is 6.89. The number of fused-ring (bicyclic) bond motifs is 1. The topological polar surface area (TPSA) is 49.3 Å². The standard InChI is InChI=1S/C17H17NO2/c1-2-5-12-8-10-13(11-9-12)17(20)14-6-3-4-7-15(14)18-16(17)19/h3-4,6-11,20H,2,5H2,1H3,(H,18,19). The number of anilines is 1. The Morgan fingerprint density at radius 3 is 2.50 bits per heavy atom. The number of carbonyl (C=O) groups excluding carboxylic acids is 1. The molecule has 0 aliphatic carbocycles. The van der Waals surface area contributed by atoms with Crippen molar-refractivity contribution in [3.63, 3.8) is 0 Å². The average Bonchev–Trinajstić information content (AvgIpc) is 2.73. The van der Waals surface area contributed by atoms with Gasteiger partial charge in [0.1, 0.15) is 0 Å². The first kappa shape index (κ1) is 12.9. The average molecular weight is 267 g/mol. The van der Waals surface area contributed by atoms with Crippen LogP contribution in [0.1, 0.15) is 30.0 Å². The van der Waals surface area contributed by atoms with Crippen molar-refractivity contribution < 1.29 is 9.90 Å². The van der Waals surface area contributed by atoms with E-state index in [1.54, 1.807) is 12.1 Å². The van der Waals surface area contributed by atoms with E-state index in [0.717, 1.165) is 12.8 Å². The Morgan fingerprint density at radius 2 is 1.80 bits per heavy atom. The molecule has 0 spiro atoms. The Labute approximate surface area is 118 Å². The molecule has 0 aromatic heterocycles. The molecular weight excluding hydrogens is 250 g/mol. The van der Waals surface area contributed by atoms with Gasteiger partial charge in [0, 0.05) is 11.3 Å². The van der Waals surface area contributed by atoms with Gasteiger partial charge in [0.25, 0.3) is 5.91 Å². The van der Waals surface area contributed by atoms with Crippen molar-refractivity contribution in [1.29, 1.82) is 0 Å². The fraction of sp³-hybridized carbons (Fsp3) is 0.235. The van der Waals surface area contributed by atoms with Crippen LogP contribution in [0.15, 0.2) is 48.5 Å². The van der Waals surface area contributed by atoms with Crippen molar-refractivity contribution in [2.24, 2.45) is 0 Å². The third-order valence-corrected chi connectivity index (χ3v) is 3.80. The zero-order valence-electron chi connectivity index (χ0n) is 11.4. The van der Waals surface area contributed by atoms with E-state index in [0.29, 0.717) is 16.8 Å². The molecule has 0 fully saturated rings. The second-order valence-electron chi connectivity index (χ2n) is 5.16. The van der Waals surface area contributed by atoms with Crippen LogP contribution in [0.3, 0.4) is 0 Å². The van der Waals surface area contributed by atoms with Crippen molar-refractivity contribution in [2.45, 2.75) is 25.4 Å². The lowest BCUT2D eigenvalue weighted by molar-refractivity contribution is -0.129. The first-order chi connectivity index (χ1) is 9.66. The molecule has 1 aliphatic rings. The van der Waals surface area contributed by atoms with E-state index >= 15 is 0 Å². The number of amides is 1. The zero-order chi connectivity index (χ0) is 14.2. The van der Waals surface area contributed by atoms with Gasteiger partial charge in [0.15, 0.2) is 5.60 Å². The van der Waals surface area contributed by atoms with Crippen molar-refractivity contribution in [3.05, 3.63) is 65.2 Å². The highest BCUT2D eigenvalue weighted by atomic mass is 16.3. The van der Waals surface area contributed by atoms with Crippen molar-refractivity contribution >= 4 is 11.6 Å². The third kappa shape index (κ3) is 1.82. The number of benzene rings is 2. The molecule has 1 amide bonds. The summed E-state index contributed by atoms with van der Waals surface area (Å²) in [6.07, 6.45) is 2.08. The molecule has 3 heteroatoms. The summed E-state index contributed by atoms with van der Waals surface area (Å²) in [5, 5.41) is 13.6. The lowest BCUT2D eigenvalue weighted by Gasteiger charge is -2.21.